The highest BCUT2D eigenvalue weighted by atomic mass is 16.5. The molecule has 0 bridgehead atoms. The van der Waals surface area contributed by atoms with E-state index in [4.69, 9.17) is 4.74 Å². The molecule has 105 valence electrons. The van der Waals surface area contributed by atoms with E-state index in [9.17, 15) is 0 Å². The van der Waals surface area contributed by atoms with Crippen LogP contribution in [0.2, 0.25) is 0 Å². The Balaban J connectivity index is 2.05. The molecule has 0 spiro atoms. The van der Waals surface area contributed by atoms with Gasteiger partial charge in [-0.25, -0.2) is 0 Å². The number of hydrogen-bond donors (Lipinski definition) is 0. The third kappa shape index (κ3) is 3.84. The first-order valence-corrected chi connectivity index (χ1v) is 7.25. The van der Waals surface area contributed by atoms with Gasteiger partial charge in [0.1, 0.15) is 12.4 Å². The van der Waals surface area contributed by atoms with Crippen molar-refractivity contribution in [2.45, 2.75) is 13.8 Å². The van der Waals surface area contributed by atoms with E-state index in [1.807, 2.05) is 36.4 Å². The average Bonchev–Trinajstić information content (AvgIpc) is 2.53. The van der Waals surface area contributed by atoms with Crippen molar-refractivity contribution in [2.75, 3.05) is 26.2 Å². The average molecular weight is 268 g/mol. The van der Waals surface area contributed by atoms with Crippen LogP contribution in [0.3, 0.4) is 0 Å². The second kappa shape index (κ2) is 7.71. The summed E-state index contributed by atoms with van der Waals surface area (Å²) >= 11 is 0. The maximum atomic E-state index is 5.97. The fraction of sp³-hybridized carbons (Fsp3) is 0.333. The Morgan fingerprint density at radius 3 is 2.55 bits per heavy atom. The van der Waals surface area contributed by atoms with E-state index in [0.29, 0.717) is 0 Å². The van der Waals surface area contributed by atoms with E-state index in [-0.39, 0.29) is 0 Å². The minimum absolute atomic E-state index is 0.718. The molecular weight excluding hydrogens is 246 g/mol. The number of para-hydroxylation sites is 1. The van der Waals surface area contributed by atoms with Gasteiger partial charge in [0.05, 0.1) is 0 Å². The summed E-state index contributed by atoms with van der Waals surface area (Å²) in [5, 5.41) is 0. The van der Waals surface area contributed by atoms with E-state index in [1.165, 1.54) is 0 Å². The summed E-state index contributed by atoms with van der Waals surface area (Å²) < 4.78 is 5.97. The SMILES string of the molecule is CCN(CC)CCOc1ccccc1-c1c[c]ccc1. The van der Waals surface area contributed by atoms with Gasteiger partial charge in [-0.05, 0) is 36.9 Å². The van der Waals surface area contributed by atoms with Gasteiger partial charge in [-0.1, -0.05) is 50.2 Å². The highest BCUT2D eigenvalue weighted by Gasteiger charge is 2.06. The first kappa shape index (κ1) is 14.6. The van der Waals surface area contributed by atoms with Crippen LogP contribution in [0.1, 0.15) is 13.8 Å². The highest BCUT2D eigenvalue weighted by Crippen LogP contribution is 2.29. The molecule has 0 aliphatic heterocycles. The fourth-order valence-electron chi connectivity index (χ4n) is 2.22. The molecule has 0 aromatic heterocycles. The van der Waals surface area contributed by atoms with Crippen LogP contribution in [0.4, 0.5) is 0 Å². The molecule has 2 rings (SSSR count). The Hall–Kier alpha value is -1.80. The van der Waals surface area contributed by atoms with E-state index in [2.05, 4.69) is 36.9 Å². The second-order valence-corrected chi connectivity index (χ2v) is 4.66. The maximum Gasteiger partial charge on any atom is 0.127 e. The molecule has 2 aromatic rings. The first-order chi connectivity index (χ1) is 9.85. The molecule has 0 fully saturated rings. The van der Waals surface area contributed by atoms with Crippen LogP contribution in [0, 0.1) is 6.07 Å². The van der Waals surface area contributed by atoms with Crippen molar-refractivity contribution < 1.29 is 4.74 Å². The summed E-state index contributed by atoms with van der Waals surface area (Å²) in [5.41, 5.74) is 2.27. The summed E-state index contributed by atoms with van der Waals surface area (Å²) in [5.74, 6) is 0.944. The Morgan fingerprint density at radius 1 is 1.05 bits per heavy atom. The molecule has 0 saturated heterocycles. The number of ether oxygens (including phenoxy) is 1. The molecule has 2 aromatic carbocycles. The lowest BCUT2D eigenvalue weighted by atomic mass is 10.1. The summed E-state index contributed by atoms with van der Waals surface area (Å²) in [7, 11) is 0. The van der Waals surface area contributed by atoms with Crippen LogP contribution in [-0.2, 0) is 0 Å². The van der Waals surface area contributed by atoms with E-state index in [1.54, 1.807) is 0 Å². The zero-order valence-electron chi connectivity index (χ0n) is 12.3. The predicted octanol–water partition coefficient (Wildman–Crippen LogP) is 3.87. The second-order valence-electron chi connectivity index (χ2n) is 4.66. The molecule has 2 nitrogen and oxygen atoms in total. The Kier molecular flexibility index (Phi) is 5.63. The summed E-state index contributed by atoms with van der Waals surface area (Å²) in [6.07, 6.45) is 0. The lowest BCUT2D eigenvalue weighted by Crippen LogP contribution is -2.27. The molecule has 1 radical (unpaired) electrons. The van der Waals surface area contributed by atoms with Crippen LogP contribution in [0.25, 0.3) is 11.1 Å². The lowest BCUT2D eigenvalue weighted by Gasteiger charge is -2.19. The highest BCUT2D eigenvalue weighted by molar-refractivity contribution is 5.70. The minimum atomic E-state index is 0.718. The van der Waals surface area contributed by atoms with Crippen molar-refractivity contribution in [3.05, 3.63) is 54.6 Å². The molecule has 2 heteroatoms. The topological polar surface area (TPSA) is 12.5 Å². The van der Waals surface area contributed by atoms with Crippen molar-refractivity contribution >= 4 is 0 Å². The van der Waals surface area contributed by atoms with E-state index >= 15 is 0 Å². The van der Waals surface area contributed by atoms with Gasteiger partial charge < -0.3 is 9.64 Å². The molecule has 0 aliphatic rings. The Bertz CT molecular complexity index is 506. The lowest BCUT2D eigenvalue weighted by molar-refractivity contribution is 0.223. The number of likely N-dealkylation sites (N-methyl/N-ethyl adjacent to an activating group) is 1. The molecule has 0 saturated carbocycles. The van der Waals surface area contributed by atoms with Crippen molar-refractivity contribution in [3.63, 3.8) is 0 Å². The van der Waals surface area contributed by atoms with Gasteiger partial charge in [-0.15, -0.1) is 0 Å². The third-order valence-electron chi connectivity index (χ3n) is 3.46. The molecule has 0 heterocycles. The molecule has 20 heavy (non-hydrogen) atoms. The van der Waals surface area contributed by atoms with Gasteiger partial charge in [0.2, 0.25) is 0 Å². The van der Waals surface area contributed by atoms with Gasteiger partial charge in [0.25, 0.3) is 0 Å². The quantitative estimate of drug-likeness (QED) is 0.755. The molecule has 0 atom stereocenters. The molecule has 0 aliphatic carbocycles. The Labute approximate surface area is 122 Å². The van der Waals surface area contributed by atoms with E-state index in [0.717, 1.165) is 43.1 Å². The largest absolute Gasteiger partial charge is 0.492 e. The smallest absolute Gasteiger partial charge is 0.127 e. The number of rotatable bonds is 7. The zero-order chi connectivity index (χ0) is 14.2. The molecule has 0 N–H and O–H groups in total. The van der Waals surface area contributed by atoms with Crippen molar-refractivity contribution in [3.8, 4) is 16.9 Å². The van der Waals surface area contributed by atoms with Crippen molar-refractivity contribution in [1.82, 2.24) is 4.90 Å². The normalized spacial score (nSPS) is 10.8. The minimum Gasteiger partial charge on any atom is -0.492 e. The molecular formula is C18H22NO. The third-order valence-corrected chi connectivity index (χ3v) is 3.46. The summed E-state index contributed by atoms with van der Waals surface area (Å²) in [4.78, 5) is 2.36. The standard InChI is InChI=1S/C18H22NO/c1-3-19(4-2)14-15-20-18-13-9-8-12-17(18)16-10-6-5-7-11-16/h5-6,8-13H,3-4,14-15H2,1-2H3. The van der Waals surface area contributed by atoms with Gasteiger partial charge in [-0.2, -0.15) is 0 Å². The maximum absolute atomic E-state index is 5.97. The molecule has 0 amide bonds. The van der Waals surface area contributed by atoms with Crippen molar-refractivity contribution in [2.24, 2.45) is 0 Å². The first-order valence-electron chi connectivity index (χ1n) is 7.25. The van der Waals surface area contributed by atoms with Crippen LogP contribution in [0.15, 0.2) is 48.5 Å². The fourth-order valence-corrected chi connectivity index (χ4v) is 2.22. The number of nitrogens with zero attached hydrogens (tertiary/aromatic N) is 1. The summed E-state index contributed by atoms with van der Waals surface area (Å²) in [6.45, 7) is 8.16. The van der Waals surface area contributed by atoms with Gasteiger partial charge in [0.15, 0.2) is 0 Å². The van der Waals surface area contributed by atoms with Crippen molar-refractivity contribution in [1.29, 1.82) is 0 Å². The van der Waals surface area contributed by atoms with Crippen LogP contribution in [0.5, 0.6) is 5.75 Å². The van der Waals surface area contributed by atoms with Gasteiger partial charge in [-0.3, -0.25) is 0 Å². The number of hydrogen-bond acceptors (Lipinski definition) is 2. The van der Waals surface area contributed by atoms with Crippen LogP contribution in [-0.4, -0.2) is 31.1 Å². The van der Waals surface area contributed by atoms with Crippen LogP contribution < -0.4 is 4.74 Å². The van der Waals surface area contributed by atoms with Gasteiger partial charge >= 0.3 is 0 Å². The predicted molar refractivity (Wildman–Crippen MR) is 84.0 cm³/mol. The van der Waals surface area contributed by atoms with E-state index < -0.39 is 0 Å². The van der Waals surface area contributed by atoms with Crippen LogP contribution >= 0.6 is 0 Å². The number of benzene rings is 2. The molecule has 0 unspecified atom stereocenters. The monoisotopic (exact) mass is 268 g/mol. The Morgan fingerprint density at radius 2 is 1.85 bits per heavy atom. The van der Waals surface area contributed by atoms with Gasteiger partial charge in [0, 0.05) is 12.1 Å². The zero-order valence-corrected chi connectivity index (χ0v) is 12.3. The summed E-state index contributed by atoms with van der Waals surface area (Å²) in [6, 6.07) is 19.3.